The maximum atomic E-state index is 5.94. The summed E-state index contributed by atoms with van der Waals surface area (Å²) in [5, 5.41) is 11.3. The van der Waals surface area contributed by atoms with Crippen molar-refractivity contribution < 1.29 is 4.74 Å². The van der Waals surface area contributed by atoms with Gasteiger partial charge in [0.25, 0.3) is 0 Å². The fourth-order valence-corrected chi connectivity index (χ4v) is 1.65. The first kappa shape index (κ1) is 13.7. The lowest BCUT2D eigenvalue weighted by molar-refractivity contribution is 0.128. The molecule has 0 unspecified atom stereocenters. The molecule has 19 heavy (non-hydrogen) atoms. The molecule has 0 atom stereocenters. The van der Waals surface area contributed by atoms with Gasteiger partial charge in [0.2, 0.25) is 0 Å². The second kappa shape index (κ2) is 6.44. The van der Waals surface area contributed by atoms with E-state index in [2.05, 4.69) is 25.5 Å². The Labute approximate surface area is 116 Å². The molecule has 2 rings (SSSR count). The van der Waals surface area contributed by atoms with E-state index < -0.39 is 0 Å². The zero-order valence-electron chi connectivity index (χ0n) is 10.8. The molecule has 0 aliphatic heterocycles. The van der Waals surface area contributed by atoms with Crippen molar-refractivity contribution in [1.82, 2.24) is 24.7 Å². The molecule has 2 aromatic rings. The molecule has 0 aliphatic carbocycles. The van der Waals surface area contributed by atoms with Gasteiger partial charge in [0.05, 0.1) is 6.54 Å². The van der Waals surface area contributed by atoms with Crippen LogP contribution in [-0.4, -0.2) is 31.3 Å². The lowest BCUT2D eigenvalue weighted by Gasteiger charge is -2.07. The van der Waals surface area contributed by atoms with E-state index in [0.717, 1.165) is 5.82 Å². The van der Waals surface area contributed by atoms with Crippen molar-refractivity contribution in [1.29, 1.82) is 0 Å². The zero-order chi connectivity index (χ0) is 13.7. The maximum Gasteiger partial charge on any atom is 0.158 e. The first-order valence-corrected chi connectivity index (χ1v) is 6.24. The molecule has 0 saturated heterocycles. The summed E-state index contributed by atoms with van der Waals surface area (Å²) in [5.74, 6) is 1.99. The van der Waals surface area contributed by atoms with Crippen LogP contribution in [0.25, 0.3) is 0 Å². The van der Waals surface area contributed by atoms with Crippen LogP contribution < -0.4 is 5.32 Å². The maximum absolute atomic E-state index is 5.94. The van der Waals surface area contributed by atoms with Crippen molar-refractivity contribution >= 4 is 17.4 Å². The van der Waals surface area contributed by atoms with Crippen LogP contribution in [0.3, 0.4) is 0 Å². The minimum absolute atomic E-state index is 0.343. The van der Waals surface area contributed by atoms with Gasteiger partial charge in [0.15, 0.2) is 11.6 Å². The molecule has 102 valence electrons. The standard InChI is InChI=1S/C11H15ClN6O/c1-3-19-6-10-15-8(12)4-9(16-10)13-5-11-17-14-7-18(11)2/h4,7H,3,5-6H2,1-2H3,(H,13,15,16). The highest BCUT2D eigenvalue weighted by molar-refractivity contribution is 6.29. The highest BCUT2D eigenvalue weighted by atomic mass is 35.5. The molecule has 2 aromatic heterocycles. The fourth-order valence-electron chi connectivity index (χ4n) is 1.45. The SMILES string of the molecule is CCOCc1nc(Cl)cc(NCc2nncn2C)n1. The normalized spacial score (nSPS) is 10.7. The van der Waals surface area contributed by atoms with Crippen LogP contribution in [0.1, 0.15) is 18.6 Å². The van der Waals surface area contributed by atoms with Gasteiger partial charge < -0.3 is 14.6 Å². The van der Waals surface area contributed by atoms with E-state index >= 15 is 0 Å². The Bertz CT molecular complexity index is 544. The Kier molecular flexibility index (Phi) is 4.64. The molecular formula is C11H15ClN6O. The Morgan fingerprint density at radius 1 is 1.42 bits per heavy atom. The Morgan fingerprint density at radius 3 is 2.95 bits per heavy atom. The second-order valence-electron chi connectivity index (χ2n) is 3.84. The van der Waals surface area contributed by atoms with E-state index in [1.54, 1.807) is 12.4 Å². The zero-order valence-corrected chi connectivity index (χ0v) is 11.6. The lowest BCUT2D eigenvalue weighted by Crippen LogP contribution is -2.09. The van der Waals surface area contributed by atoms with Gasteiger partial charge in [-0.25, -0.2) is 9.97 Å². The summed E-state index contributed by atoms with van der Waals surface area (Å²) in [6, 6.07) is 1.66. The number of aromatic nitrogens is 5. The summed E-state index contributed by atoms with van der Waals surface area (Å²) < 4.78 is 7.09. The van der Waals surface area contributed by atoms with Crippen LogP contribution in [-0.2, 0) is 24.9 Å². The molecule has 0 amide bonds. The number of nitrogens with one attached hydrogen (secondary N) is 1. The number of anilines is 1. The molecule has 0 bridgehead atoms. The van der Waals surface area contributed by atoms with Crippen LogP contribution in [0.4, 0.5) is 5.82 Å². The van der Waals surface area contributed by atoms with E-state index in [-0.39, 0.29) is 0 Å². The Hall–Kier alpha value is -1.73. The van der Waals surface area contributed by atoms with E-state index in [4.69, 9.17) is 16.3 Å². The number of hydrogen-bond acceptors (Lipinski definition) is 6. The number of hydrogen-bond donors (Lipinski definition) is 1. The van der Waals surface area contributed by atoms with Gasteiger partial charge in [-0.05, 0) is 6.92 Å². The average Bonchev–Trinajstić information content (AvgIpc) is 2.79. The van der Waals surface area contributed by atoms with Gasteiger partial charge in [-0.2, -0.15) is 0 Å². The summed E-state index contributed by atoms with van der Waals surface area (Å²) in [6.45, 7) is 3.38. The summed E-state index contributed by atoms with van der Waals surface area (Å²) in [4.78, 5) is 8.40. The predicted octanol–water partition coefficient (Wildman–Crippen LogP) is 1.41. The highest BCUT2D eigenvalue weighted by Gasteiger charge is 2.05. The van der Waals surface area contributed by atoms with E-state index in [0.29, 0.717) is 36.6 Å². The van der Waals surface area contributed by atoms with Crippen LogP contribution in [0.2, 0.25) is 5.15 Å². The second-order valence-corrected chi connectivity index (χ2v) is 4.23. The third-order valence-electron chi connectivity index (χ3n) is 2.41. The lowest BCUT2D eigenvalue weighted by atomic mass is 10.5. The molecule has 0 fully saturated rings. The monoisotopic (exact) mass is 282 g/mol. The molecular weight excluding hydrogens is 268 g/mol. The highest BCUT2D eigenvalue weighted by Crippen LogP contribution is 2.12. The number of aryl methyl sites for hydroxylation is 1. The van der Waals surface area contributed by atoms with Gasteiger partial charge in [0, 0.05) is 19.7 Å². The first-order valence-electron chi connectivity index (χ1n) is 5.87. The minimum atomic E-state index is 0.343. The van der Waals surface area contributed by atoms with Crippen molar-refractivity contribution in [2.75, 3.05) is 11.9 Å². The van der Waals surface area contributed by atoms with Crippen LogP contribution in [0, 0.1) is 0 Å². The van der Waals surface area contributed by atoms with Crippen LogP contribution in [0.15, 0.2) is 12.4 Å². The molecule has 1 N–H and O–H groups in total. The van der Waals surface area contributed by atoms with Crippen molar-refractivity contribution in [3.63, 3.8) is 0 Å². The number of halogens is 1. The summed E-state index contributed by atoms with van der Waals surface area (Å²) in [7, 11) is 1.88. The van der Waals surface area contributed by atoms with Crippen LogP contribution in [0.5, 0.6) is 0 Å². The van der Waals surface area contributed by atoms with Gasteiger partial charge in [0.1, 0.15) is 23.9 Å². The number of ether oxygens (including phenoxy) is 1. The molecule has 0 radical (unpaired) electrons. The largest absolute Gasteiger partial charge is 0.374 e. The molecule has 0 spiro atoms. The topological polar surface area (TPSA) is 77.8 Å². The number of rotatable bonds is 6. The smallest absolute Gasteiger partial charge is 0.158 e. The van der Waals surface area contributed by atoms with Crippen LogP contribution >= 0.6 is 11.6 Å². The van der Waals surface area contributed by atoms with E-state index in [1.807, 2.05) is 18.5 Å². The molecule has 8 heteroatoms. The van der Waals surface area contributed by atoms with E-state index in [1.165, 1.54) is 0 Å². The first-order chi connectivity index (χ1) is 9.19. The van der Waals surface area contributed by atoms with Crippen molar-refractivity contribution in [3.8, 4) is 0 Å². The predicted molar refractivity (Wildman–Crippen MR) is 70.7 cm³/mol. The summed E-state index contributed by atoms with van der Waals surface area (Å²) in [6.07, 6.45) is 1.64. The van der Waals surface area contributed by atoms with Crippen molar-refractivity contribution in [2.24, 2.45) is 7.05 Å². The van der Waals surface area contributed by atoms with Crippen molar-refractivity contribution in [2.45, 2.75) is 20.1 Å². The third-order valence-corrected chi connectivity index (χ3v) is 2.60. The Morgan fingerprint density at radius 2 is 2.26 bits per heavy atom. The van der Waals surface area contributed by atoms with E-state index in [9.17, 15) is 0 Å². The van der Waals surface area contributed by atoms with Crippen molar-refractivity contribution in [3.05, 3.63) is 29.2 Å². The van der Waals surface area contributed by atoms with Gasteiger partial charge in [-0.3, -0.25) is 0 Å². The summed E-state index contributed by atoms with van der Waals surface area (Å²) in [5.41, 5.74) is 0. The molecule has 0 aliphatic rings. The molecule has 7 nitrogen and oxygen atoms in total. The molecule has 0 saturated carbocycles. The Balaban J connectivity index is 2.03. The quantitative estimate of drug-likeness (QED) is 0.807. The van der Waals surface area contributed by atoms with Gasteiger partial charge in [-0.15, -0.1) is 10.2 Å². The third kappa shape index (κ3) is 3.87. The van der Waals surface area contributed by atoms with Gasteiger partial charge >= 0.3 is 0 Å². The van der Waals surface area contributed by atoms with Gasteiger partial charge in [-0.1, -0.05) is 11.6 Å². The minimum Gasteiger partial charge on any atom is -0.374 e. The summed E-state index contributed by atoms with van der Waals surface area (Å²) >= 11 is 5.94. The molecule has 2 heterocycles. The average molecular weight is 283 g/mol. The fraction of sp³-hybridized carbons (Fsp3) is 0.455. The molecule has 0 aromatic carbocycles. The number of nitrogens with zero attached hydrogens (tertiary/aromatic N) is 5.